The summed E-state index contributed by atoms with van der Waals surface area (Å²) in [5.41, 5.74) is 0.658. The third kappa shape index (κ3) is 2.98. The Morgan fingerprint density at radius 3 is 2.43 bits per heavy atom. The fourth-order valence-corrected chi connectivity index (χ4v) is 2.96. The van der Waals surface area contributed by atoms with Crippen molar-refractivity contribution >= 4 is 0 Å². The first-order valence-corrected chi connectivity index (χ1v) is 6.38. The Labute approximate surface area is 89.7 Å². The Balaban J connectivity index is 2.49. The van der Waals surface area contributed by atoms with E-state index in [9.17, 15) is 0 Å². The smallest absolute Gasteiger partial charge is 0.00747 e. The molecule has 14 heavy (non-hydrogen) atoms. The molecule has 84 valence electrons. The highest BCUT2D eigenvalue weighted by atomic mass is 14.9. The second-order valence-electron chi connectivity index (χ2n) is 5.32. The molecule has 1 atom stereocenters. The van der Waals surface area contributed by atoms with Gasteiger partial charge in [-0.25, -0.2) is 0 Å². The maximum absolute atomic E-state index is 3.71. The fraction of sp³-hybridized carbons (Fsp3) is 1.00. The standard InChI is InChI=1S/C13H27N/c1-5-13(6-2)9-7-8-12(10-13)14-11(3)4/h11-12,14H,5-10H2,1-4H3. The van der Waals surface area contributed by atoms with Crippen LogP contribution in [0.2, 0.25) is 0 Å². The first-order valence-electron chi connectivity index (χ1n) is 6.38. The number of hydrogen-bond acceptors (Lipinski definition) is 1. The van der Waals surface area contributed by atoms with E-state index in [1.54, 1.807) is 0 Å². The highest BCUT2D eigenvalue weighted by Gasteiger charge is 2.33. The van der Waals surface area contributed by atoms with E-state index in [0.29, 0.717) is 11.5 Å². The molecule has 0 aliphatic heterocycles. The van der Waals surface area contributed by atoms with Crippen LogP contribution in [0.25, 0.3) is 0 Å². The number of hydrogen-bond donors (Lipinski definition) is 1. The summed E-state index contributed by atoms with van der Waals surface area (Å²) in [5.74, 6) is 0. The molecule has 0 amide bonds. The van der Waals surface area contributed by atoms with Crippen LogP contribution in [0.3, 0.4) is 0 Å². The molecule has 1 nitrogen and oxygen atoms in total. The molecule has 1 fully saturated rings. The van der Waals surface area contributed by atoms with Gasteiger partial charge in [0, 0.05) is 12.1 Å². The van der Waals surface area contributed by atoms with Gasteiger partial charge in [0.15, 0.2) is 0 Å². The molecular weight excluding hydrogens is 170 g/mol. The van der Waals surface area contributed by atoms with Crippen molar-refractivity contribution in [3.8, 4) is 0 Å². The molecular formula is C13H27N. The summed E-state index contributed by atoms with van der Waals surface area (Å²) in [7, 11) is 0. The molecule has 1 N–H and O–H groups in total. The Bertz CT molecular complexity index is 159. The molecule has 0 aromatic rings. The highest BCUT2D eigenvalue weighted by Crippen LogP contribution is 2.41. The largest absolute Gasteiger partial charge is 0.312 e. The average molecular weight is 197 g/mol. The Morgan fingerprint density at radius 2 is 1.93 bits per heavy atom. The third-order valence-electron chi connectivity index (χ3n) is 4.01. The third-order valence-corrected chi connectivity index (χ3v) is 4.01. The van der Waals surface area contributed by atoms with Crippen molar-refractivity contribution in [3.63, 3.8) is 0 Å². The second-order valence-corrected chi connectivity index (χ2v) is 5.32. The van der Waals surface area contributed by atoms with Crippen molar-refractivity contribution in [1.29, 1.82) is 0 Å². The van der Waals surface area contributed by atoms with Crippen LogP contribution in [0, 0.1) is 5.41 Å². The van der Waals surface area contributed by atoms with E-state index in [1.165, 1.54) is 38.5 Å². The van der Waals surface area contributed by atoms with Crippen LogP contribution < -0.4 is 5.32 Å². The molecule has 0 bridgehead atoms. The summed E-state index contributed by atoms with van der Waals surface area (Å²) in [6.07, 6.45) is 8.39. The Kier molecular flexibility index (Phi) is 4.43. The van der Waals surface area contributed by atoms with E-state index in [1.807, 2.05) is 0 Å². The van der Waals surface area contributed by atoms with Gasteiger partial charge >= 0.3 is 0 Å². The average Bonchev–Trinajstić information content (AvgIpc) is 2.17. The lowest BCUT2D eigenvalue weighted by molar-refractivity contribution is 0.137. The highest BCUT2D eigenvalue weighted by molar-refractivity contribution is 4.88. The number of rotatable bonds is 4. The molecule has 1 heteroatoms. The summed E-state index contributed by atoms with van der Waals surface area (Å²) in [6, 6.07) is 1.42. The van der Waals surface area contributed by atoms with Gasteiger partial charge in [-0.3, -0.25) is 0 Å². The van der Waals surface area contributed by atoms with E-state index in [-0.39, 0.29) is 0 Å². The molecule has 0 spiro atoms. The lowest BCUT2D eigenvalue weighted by Gasteiger charge is -2.41. The van der Waals surface area contributed by atoms with E-state index in [2.05, 4.69) is 33.0 Å². The van der Waals surface area contributed by atoms with Crippen LogP contribution in [-0.2, 0) is 0 Å². The van der Waals surface area contributed by atoms with Crippen molar-refractivity contribution in [2.45, 2.75) is 78.3 Å². The minimum atomic E-state index is 0.643. The van der Waals surface area contributed by atoms with Crippen molar-refractivity contribution in [2.75, 3.05) is 0 Å². The molecule has 0 saturated heterocycles. The minimum absolute atomic E-state index is 0.643. The molecule has 1 aliphatic rings. The predicted molar refractivity (Wildman–Crippen MR) is 63.5 cm³/mol. The topological polar surface area (TPSA) is 12.0 Å². The van der Waals surface area contributed by atoms with Crippen LogP contribution in [0.5, 0.6) is 0 Å². The van der Waals surface area contributed by atoms with Gasteiger partial charge in [0.05, 0.1) is 0 Å². The van der Waals surface area contributed by atoms with Crippen LogP contribution in [0.1, 0.15) is 66.2 Å². The summed E-state index contributed by atoms with van der Waals surface area (Å²) in [5, 5.41) is 3.71. The fourth-order valence-electron chi connectivity index (χ4n) is 2.96. The van der Waals surface area contributed by atoms with Crippen LogP contribution in [0.4, 0.5) is 0 Å². The second kappa shape index (κ2) is 5.16. The van der Waals surface area contributed by atoms with Gasteiger partial charge in [-0.05, 0) is 24.7 Å². The lowest BCUT2D eigenvalue weighted by atomic mass is 9.68. The first kappa shape index (κ1) is 12.0. The molecule has 1 aliphatic carbocycles. The predicted octanol–water partition coefficient (Wildman–Crippen LogP) is 3.73. The molecule has 0 aromatic carbocycles. The summed E-state index contributed by atoms with van der Waals surface area (Å²) in [6.45, 7) is 9.24. The molecule has 0 heterocycles. The van der Waals surface area contributed by atoms with Crippen LogP contribution >= 0.6 is 0 Å². The number of nitrogens with one attached hydrogen (secondary N) is 1. The van der Waals surface area contributed by atoms with Crippen LogP contribution in [0.15, 0.2) is 0 Å². The summed E-state index contributed by atoms with van der Waals surface area (Å²) >= 11 is 0. The zero-order valence-corrected chi connectivity index (χ0v) is 10.4. The Morgan fingerprint density at radius 1 is 1.29 bits per heavy atom. The zero-order chi connectivity index (χ0) is 10.6. The molecule has 1 rings (SSSR count). The monoisotopic (exact) mass is 197 g/mol. The minimum Gasteiger partial charge on any atom is -0.312 e. The normalized spacial score (nSPS) is 26.8. The van der Waals surface area contributed by atoms with E-state index < -0.39 is 0 Å². The zero-order valence-electron chi connectivity index (χ0n) is 10.4. The van der Waals surface area contributed by atoms with Crippen molar-refractivity contribution in [3.05, 3.63) is 0 Å². The van der Waals surface area contributed by atoms with Crippen molar-refractivity contribution in [2.24, 2.45) is 5.41 Å². The quantitative estimate of drug-likeness (QED) is 0.724. The molecule has 0 aromatic heterocycles. The molecule has 1 saturated carbocycles. The van der Waals surface area contributed by atoms with Gasteiger partial charge < -0.3 is 5.32 Å². The maximum Gasteiger partial charge on any atom is 0.00747 e. The SMILES string of the molecule is CCC1(CC)CCCC(NC(C)C)C1. The van der Waals surface area contributed by atoms with Gasteiger partial charge in [-0.1, -0.05) is 47.0 Å². The Hall–Kier alpha value is -0.0400. The van der Waals surface area contributed by atoms with E-state index >= 15 is 0 Å². The van der Waals surface area contributed by atoms with Gasteiger partial charge in [0.2, 0.25) is 0 Å². The van der Waals surface area contributed by atoms with Gasteiger partial charge in [-0.15, -0.1) is 0 Å². The lowest BCUT2D eigenvalue weighted by Crippen LogP contribution is -2.42. The summed E-state index contributed by atoms with van der Waals surface area (Å²) in [4.78, 5) is 0. The van der Waals surface area contributed by atoms with Gasteiger partial charge in [-0.2, -0.15) is 0 Å². The first-order chi connectivity index (χ1) is 6.62. The molecule has 0 radical (unpaired) electrons. The molecule has 1 unspecified atom stereocenters. The van der Waals surface area contributed by atoms with E-state index in [4.69, 9.17) is 0 Å². The summed E-state index contributed by atoms with van der Waals surface area (Å²) < 4.78 is 0. The van der Waals surface area contributed by atoms with E-state index in [0.717, 1.165) is 6.04 Å². The van der Waals surface area contributed by atoms with Crippen molar-refractivity contribution < 1.29 is 0 Å². The van der Waals surface area contributed by atoms with Crippen LogP contribution in [-0.4, -0.2) is 12.1 Å². The van der Waals surface area contributed by atoms with Gasteiger partial charge in [0.1, 0.15) is 0 Å². The van der Waals surface area contributed by atoms with Gasteiger partial charge in [0.25, 0.3) is 0 Å². The van der Waals surface area contributed by atoms with Crippen molar-refractivity contribution in [1.82, 2.24) is 5.32 Å². The maximum atomic E-state index is 3.71.